The number of aryl methyl sites for hydroxylation is 2. The van der Waals surface area contributed by atoms with Crippen LogP contribution < -0.4 is 0 Å². The first-order chi connectivity index (χ1) is 9.11. The molecule has 1 N–H and O–H groups in total. The van der Waals surface area contributed by atoms with Crippen LogP contribution in [0.25, 0.3) is 0 Å². The Kier molecular flexibility index (Phi) is 4.35. The molecule has 0 aliphatic heterocycles. The maximum atomic E-state index is 10.5. The fourth-order valence-corrected chi connectivity index (χ4v) is 2.15. The first-order valence-electron chi connectivity index (χ1n) is 6.45. The summed E-state index contributed by atoms with van der Waals surface area (Å²) in [6, 6.07) is 14.0. The molecule has 0 aliphatic rings. The first-order valence-corrected chi connectivity index (χ1v) is 6.45. The van der Waals surface area contributed by atoms with Crippen molar-refractivity contribution in [1.82, 2.24) is 0 Å². The number of aliphatic hydroxyl groups excluding tert-OH is 1. The Morgan fingerprint density at radius 2 is 1.74 bits per heavy atom. The van der Waals surface area contributed by atoms with E-state index in [2.05, 4.69) is 13.8 Å². The fourth-order valence-electron chi connectivity index (χ4n) is 2.15. The summed E-state index contributed by atoms with van der Waals surface area (Å²) in [4.78, 5) is 0. The lowest BCUT2D eigenvalue weighted by molar-refractivity contribution is 0.184. The van der Waals surface area contributed by atoms with E-state index in [0.29, 0.717) is 6.61 Å². The monoisotopic (exact) mass is 256 g/mol. The molecule has 2 aromatic carbocycles. The zero-order chi connectivity index (χ0) is 13.8. The third-order valence-corrected chi connectivity index (χ3v) is 3.42. The van der Waals surface area contributed by atoms with E-state index >= 15 is 0 Å². The zero-order valence-corrected chi connectivity index (χ0v) is 11.7. The predicted octanol–water partition coefficient (Wildman–Crippen LogP) is 3.53. The van der Waals surface area contributed by atoms with Crippen LogP contribution in [0.3, 0.4) is 0 Å². The molecule has 0 saturated carbocycles. The number of hydrogen-bond acceptors (Lipinski definition) is 2. The van der Waals surface area contributed by atoms with E-state index in [9.17, 15) is 5.11 Å². The zero-order valence-electron chi connectivity index (χ0n) is 11.7. The highest BCUT2D eigenvalue weighted by Gasteiger charge is 2.11. The van der Waals surface area contributed by atoms with Crippen molar-refractivity contribution >= 4 is 0 Å². The van der Waals surface area contributed by atoms with Crippen molar-refractivity contribution in [3.8, 4) is 0 Å². The highest BCUT2D eigenvalue weighted by molar-refractivity contribution is 5.37. The summed E-state index contributed by atoms with van der Waals surface area (Å²) in [6.45, 7) is 4.70. The maximum Gasteiger partial charge on any atom is 0.104 e. The van der Waals surface area contributed by atoms with Crippen molar-refractivity contribution in [1.29, 1.82) is 0 Å². The van der Waals surface area contributed by atoms with Crippen molar-refractivity contribution in [2.24, 2.45) is 0 Å². The molecule has 0 bridgehead atoms. The summed E-state index contributed by atoms with van der Waals surface area (Å²) >= 11 is 0. The van der Waals surface area contributed by atoms with Gasteiger partial charge in [0.05, 0.1) is 6.61 Å². The second-order valence-electron chi connectivity index (χ2n) is 4.92. The van der Waals surface area contributed by atoms with Gasteiger partial charge in [0.15, 0.2) is 0 Å². The molecule has 0 aromatic heterocycles. The van der Waals surface area contributed by atoms with Gasteiger partial charge in [-0.25, -0.2) is 0 Å². The molecule has 2 aromatic rings. The van der Waals surface area contributed by atoms with Gasteiger partial charge in [-0.15, -0.1) is 0 Å². The van der Waals surface area contributed by atoms with E-state index in [-0.39, 0.29) is 0 Å². The SMILES string of the molecule is COCc1cccc(C(O)c2ccc(C)c(C)c2)c1. The molecule has 19 heavy (non-hydrogen) atoms. The maximum absolute atomic E-state index is 10.5. The standard InChI is InChI=1S/C17H20O2/c1-12-7-8-16(9-13(12)2)17(18)15-6-4-5-14(10-15)11-19-3/h4-10,17-18H,11H2,1-3H3. The highest BCUT2D eigenvalue weighted by Crippen LogP contribution is 2.24. The largest absolute Gasteiger partial charge is 0.384 e. The van der Waals surface area contributed by atoms with Crippen LogP contribution in [0, 0.1) is 13.8 Å². The van der Waals surface area contributed by atoms with Crippen LogP contribution in [0.1, 0.15) is 33.9 Å². The lowest BCUT2D eigenvalue weighted by Crippen LogP contribution is -2.01. The van der Waals surface area contributed by atoms with Crippen LogP contribution in [0.2, 0.25) is 0 Å². The molecule has 100 valence electrons. The number of aliphatic hydroxyl groups is 1. The Bertz CT molecular complexity index is 561. The van der Waals surface area contributed by atoms with E-state index < -0.39 is 6.10 Å². The number of rotatable bonds is 4. The molecule has 0 saturated heterocycles. The Morgan fingerprint density at radius 3 is 2.42 bits per heavy atom. The Morgan fingerprint density at radius 1 is 1.00 bits per heavy atom. The molecule has 0 aliphatic carbocycles. The van der Waals surface area contributed by atoms with E-state index in [4.69, 9.17) is 4.74 Å². The molecule has 2 nitrogen and oxygen atoms in total. The summed E-state index contributed by atoms with van der Waals surface area (Å²) in [5.41, 5.74) is 5.34. The molecule has 0 radical (unpaired) electrons. The number of methoxy groups -OCH3 is 1. The Labute approximate surface area is 114 Å². The minimum Gasteiger partial charge on any atom is -0.384 e. The van der Waals surface area contributed by atoms with E-state index in [0.717, 1.165) is 16.7 Å². The van der Waals surface area contributed by atoms with Gasteiger partial charge in [0, 0.05) is 7.11 Å². The molecule has 0 fully saturated rings. The highest BCUT2D eigenvalue weighted by atomic mass is 16.5. The van der Waals surface area contributed by atoms with Crippen LogP contribution in [-0.2, 0) is 11.3 Å². The molecule has 1 unspecified atom stereocenters. The number of ether oxygens (including phenoxy) is 1. The third-order valence-electron chi connectivity index (χ3n) is 3.42. The average molecular weight is 256 g/mol. The van der Waals surface area contributed by atoms with E-state index in [1.54, 1.807) is 7.11 Å². The van der Waals surface area contributed by atoms with Gasteiger partial charge in [0.2, 0.25) is 0 Å². The van der Waals surface area contributed by atoms with Crippen molar-refractivity contribution in [2.75, 3.05) is 7.11 Å². The molecule has 2 rings (SSSR count). The molecule has 0 heterocycles. The molecule has 0 spiro atoms. The Balaban J connectivity index is 2.29. The summed E-state index contributed by atoms with van der Waals surface area (Å²) in [5.74, 6) is 0. The second-order valence-corrected chi connectivity index (χ2v) is 4.92. The van der Waals surface area contributed by atoms with Crippen molar-refractivity contribution < 1.29 is 9.84 Å². The average Bonchev–Trinajstić information content (AvgIpc) is 2.42. The van der Waals surface area contributed by atoms with Crippen molar-refractivity contribution in [3.63, 3.8) is 0 Å². The fraction of sp³-hybridized carbons (Fsp3) is 0.294. The van der Waals surface area contributed by atoms with Gasteiger partial charge in [0.1, 0.15) is 6.10 Å². The van der Waals surface area contributed by atoms with Crippen molar-refractivity contribution in [3.05, 3.63) is 70.3 Å². The molecular weight excluding hydrogens is 236 g/mol. The van der Waals surface area contributed by atoms with Gasteiger partial charge in [-0.05, 0) is 41.7 Å². The van der Waals surface area contributed by atoms with Crippen molar-refractivity contribution in [2.45, 2.75) is 26.6 Å². The second kappa shape index (κ2) is 6.00. The van der Waals surface area contributed by atoms with E-state index in [1.165, 1.54) is 11.1 Å². The van der Waals surface area contributed by atoms with Gasteiger partial charge in [-0.1, -0.05) is 42.5 Å². The normalized spacial score (nSPS) is 12.4. The lowest BCUT2D eigenvalue weighted by Gasteiger charge is -2.14. The van der Waals surface area contributed by atoms with Gasteiger partial charge in [-0.2, -0.15) is 0 Å². The van der Waals surface area contributed by atoms with Gasteiger partial charge >= 0.3 is 0 Å². The van der Waals surface area contributed by atoms with Crippen LogP contribution >= 0.6 is 0 Å². The quantitative estimate of drug-likeness (QED) is 0.906. The predicted molar refractivity (Wildman–Crippen MR) is 77.1 cm³/mol. The van der Waals surface area contributed by atoms with Crippen LogP contribution in [-0.4, -0.2) is 12.2 Å². The van der Waals surface area contributed by atoms with Gasteiger partial charge < -0.3 is 9.84 Å². The number of hydrogen-bond donors (Lipinski definition) is 1. The third kappa shape index (κ3) is 3.22. The molecule has 1 atom stereocenters. The van der Waals surface area contributed by atoms with Gasteiger partial charge in [0.25, 0.3) is 0 Å². The summed E-state index contributed by atoms with van der Waals surface area (Å²) in [5, 5.41) is 10.5. The van der Waals surface area contributed by atoms with Crippen LogP contribution in [0.15, 0.2) is 42.5 Å². The smallest absolute Gasteiger partial charge is 0.104 e. The minimum atomic E-state index is -0.587. The van der Waals surface area contributed by atoms with Crippen LogP contribution in [0.4, 0.5) is 0 Å². The lowest BCUT2D eigenvalue weighted by atomic mass is 9.97. The summed E-state index contributed by atoms with van der Waals surface area (Å²) in [7, 11) is 1.67. The molecule has 0 amide bonds. The molecular formula is C17H20O2. The Hall–Kier alpha value is -1.64. The molecule has 2 heteroatoms. The first kappa shape index (κ1) is 13.8. The topological polar surface area (TPSA) is 29.5 Å². The summed E-state index contributed by atoms with van der Waals surface area (Å²) in [6.07, 6.45) is -0.587. The van der Waals surface area contributed by atoms with E-state index in [1.807, 2.05) is 42.5 Å². The minimum absolute atomic E-state index is 0.563. The number of benzene rings is 2. The van der Waals surface area contributed by atoms with Crippen LogP contribution in [0.5, 0.6) is 0 Å². The summed E-state index contributed by atoms with van der Waals surface area (Å²) < 4.78 is 5.12. The van der Waals surface area contributed by atoms with Gasteiger partial charge in [-0.3, -0.25) is 0 Å².